The van der Waals surface area contributed by atoms with Gasteiger partial charge < -0.3 is 9.73 Å². The van der Waals surface area contributed by atoms with Crippen LogP contribution in [0.1, 0.15) is 84.7 Å². The van der Waals surface area contributed by atoms with Crippen molar-refractivity contribution in [2.24, 2.45) is 0 Å². The van der Waals surface area contributed by atoms with Crippen molar-refractivity contribution in [2.75, 3.05) is 6.54 Å². The summed E-state index contributed by atoms with van der Waals surface area (Å²) in [5.41, 5.74) is 6.85. The molecule has 3 nitrogen and oxygen atoms in total. The van der Waals surface area contributed by atoms with Crippen LogP contribution in [0.15, 0.2) is 52.9 Å². The second-order valence-corrected chi connectivity index (χ2v) is 11.0. The van der Waals surface area contributed by atoms with Crippen LogP contribution in [-0.2, 0) is 23.7 Å². The summed E-state index contributed by atoms with van der Waals surface area (Å²) >= 11 is 6.20. The van der Waals surface area contributed by atoms with E-state index in [1.807, 2.05) is 30.3 Å². The molecule has 0 unspecified atom stereocenters. The highest BCUT2D eigenvalue weighted by atomic mass is 35.5. The first-order valence-electron chi connectivity index (χ1n) is 11.8. The molecule has 1 heterocycles. The van der Waals surface area contributed by atoms with Crippen molar-refractivity contribution in [3.63, 3.8) is 0 Å². The lowest BCUT2D eigenvalue weighted by Crippen LogP contribution is -2.34. The van der Waals surface area contributed by atoms with Crippen LogP contribution in [0.25, 0.3) is 0 Å². The lowest BCUT2D eigenvalue weighted by molar-refractivity contribution is 0.0925. The monoisotopic (exact) mass is 463 g/mol. The van der Waals surface area contributed by atoms with Gasteiger partial charge in [-0.2, -0.15) is 0 Å². The van der Waals surface area contributed by atoms with Crippen LogP contribution in [0, 0.1) is 6.92 Å². The van der Waals surface area contributed by atoms with Crippen LogP contribution in [0.4, 0.5) is 0 Å². The quantitative estimate of drug-likeness (QED) is 0.421. The van der Waals surface area contributed by atoms with Crippen molar-refractivity contribution in [3.05, 3.63) is 92.9 Å². The minimum atomic E-state index is -0.196. The van der Waals surface area contributed by atoms with Gasteiger partial charge in [-0.3, -0.25) is 4.79 Å². The Morgan fingerprint density at radius 3 is 2.33 bits per heavy atom. The second-order valence-electron chi connectivity index (χ2n) is 10.6. The number of benzene rings is 2. The highest BCUT2D eigenvalue weighted by Gasteiger charge is 2.37. The third kappa shape index (κ3) is 5.04. The fraction of sp³-hybridized carbons (Fsp3) is 0.414. The van der Waals surface area contributed by atoms with E-state index >= 15 is 0 Å². The number of hydrogen-bond donors (Lipinski definition) is 1. The Bertz CT molecular complexity index is 1170. The molecule has 0 radical (unpaired) electrons. The Morgan fingerprint density at radius 2 is 1.64 bits per heavy atom. The van der Waals surface area contributed by atoms with Gasteiger partial charge in [0.25, 0.3) is 5.91 Å². The van der Waals surface area contributed by atoms with Gasteiger partial charge in [-0.1, -0.05) is 69.6 Å². The number of amides is 1. The number of furan rings is 1. The number of carbonyl (C=O) groups excluding carboxylic acids is 1. The molecule has 174 valence electrons. The number of rotatable bonds is 6. The van der Waals surface area contributed by atoms with E-state index in [0.717, 1.165) is 16.3 Å². The third-order valence-corrected chi connectivity index (χ3v) is 7.57. The average molecular weight is 464 g/mol. The van der Waals surface area contributed by atoms with Gasteiger partial charge in [0.05, 0.1) is 0 Å². The minimum absolute atomic E-state index is 0.170. The molecule has 33 heavy (non-hydrogen) atoms. The summed E-state index contributed by atoms with van der Waals surface area (Å²) in [6, 6.07) is 16.1. The van der Waals surface area contributed by atoms with E-state index < -0.39 is 0 Å². The Balaban J connectivity index is 1.45. The normalized spacial score (nSPS) is 16.3. The lowest BCUT2D eigenvalue weighted by Gasteiger charge is -2.42. The second kappa shape index (κ2) is 9.02. The van der Waals surface area contributed by atoms with Gasteiger partial charge in [-0.15, -0.1) is 0 Å². The largest absolute Gasteiger partial charge is 0.456 e. The molecule has 0 atom stereocenters. The summed E-state index contributed by atoms with van der Waals surface area (Å²) < 4.78 is 5.93. The highest BCUT2D eigenvalue weighted by Crippen LogP contribution is 2.46. The van der Waals surface area contributed by atoms with E-state index in [4.69, 9.17) is 16.0 Å². The molecule has 4 heteroatoms. The molecule has 0 saturated heterocycles. The third-order valence-electron chi connectivity index (χ3n) is 7.20. The molecule has 1 aliphatic carbocycles. The molecule has 2 aromatic carbocycles. The first-order chi connectivity index (χ1) is 15.6. The summed E-state index contributed by atoms with van der Waals surface area (Å²) in [5, 5.41) is 3.65. The molecule has 0 fully saturated rings. The molecular formula is C29H34ClNO2. The molecule has 0 saturated carbocycles. The molecule has 1 amide bonds. The van der Waals surface area contributed by atoms with E-state index in [1.54, 1.807) is 6.07 Å². The van der Waals surface area contributed by atoms with Gasteiger partial charge >= 0.3 is 0 Å². The molecule has 3 aromatic rings. The van der Waals surface area contributed by atoms with Crippen LogP contribution in [0.5, 0.6) is 0 Å². The number of aryl methyl sites for hydroxylation is 1. The van der Waals surface area contributed by atoms with Gasteiger partial charge in [-0.25, -0.2) is 0 Å². The molecule has 1 aliphatic rings. The van der Waals surface area contributed by atoms with Gasteiger partial charge in [-0.05, 0) is 83.0 Å². The molecular weight excluding hydrogens is 430 g/mol. The molecule has 1 aromatic heterocycles. The first-order valence-corrected chi connectivity index (χ1v) is 12.2. The molecule has 0 bridgehead atoms. The number of nitrogens with one attached hydrogen (secondary N) is 1. The van der Waals surface area contributed by atoms with Gasteiger partial charge in [0.15, 0.2) is 5.76 Å². The number of fused-ring (bicyclic) bond motifs is 1. The van der Waals surface area contributed by atoms with Crippen LogP contribution in [0.3, 0.4) is 0 Å². The van der Waals surface area contributed by atoms with Crippen molar-refractivity contribution in [1.82, 2.24) is 5.32 Å². The fourth-order valence-electron chi connectivity index (χ4n) is 4.84. The maximum Gasteiger partial charge on any atom is 0.287 e. The Morgan fingerprint density at radius 1 is 0.970 bits per heavy atom. The number of halogens is 1. The van der Waals surface area contributed by atoms with Crippen LogP contribution in [0.2, 0.25) is 5.02 Å². The van der Waals surface area contributed by atoms with E-state index in [-0.39, 0.29) is 16.7 Å². The topological polar surface area (TPSA) is 42.2 Å². The number of hydrogen-bond acceptors (Lipinski definition) is 2. The maximum absolute atomic E-state index is 12.6. The lowest BCUT2D eigenvalue weighted by atomic mass is 9.62. The minimum Gasteiger partial charge on any atom is -0.456 e. The molecule has 0 aliphatic heterocycles. The molecule has 4 rings (SSSR count). The van der Waals surface area contributed by atoms with Crippen molar-refractivity contribution in [1.29, 1.82) is 0 Å². The smallest absolute Gasteiger partial charge is 0.287 e. The van der Waals surface area contributed by atoms with Crippen molar-refractivity contribution in [3.8, 4) is 0 Å². The van der Waals surface area contributed by atoms with Crippen LogP contribution >= 0.6 is 11.6 Å². The highest BCUT2D eigenvalue weighted by molar-refractivity contribution is 6.31. The molecule has 0 spiro atoms. The van der Waals surface area contributed by atoms with E-state index in [2.05, 4.69) is 52.1 Å². The van der Waals surface area contributed by atoms with Gasteiger partial charge in [0.1, 0.15) is 5.76 Å². The van der Waals surface area contributed by atoms with Gasteiger partial charge in [0.2, 0.25) is 0 Å². The summed E-state index contributed by atoms with van der Waals surface area (Å²) in [7, 11) is 0. The fourth-order valence-corrected chi connectivity index (χ4v) is 5.07. The summed E-state index contributed by atoms with van der Waals surface area (Å²) in [5.74, 6) is 0.960. The summed E-state index contributed by atoms with van der Waals surface area (Å²) in [6.07, 6.45) is 3.76. The van der Waals surface area contributed by atoms with Crippen molar-refractivity contribution in [2.45, 2.75) is 71.1 Å². The SMILES string of the molecule is Cc1cc2c(cc1Cc1ccc(C(=O)NCCc3ccccc3Cl)o1)C(C)(C)CCC2(C)C. The summed E-state index contributed by atoms with van der Waals surface area (Å²) in [4.78, 5) is 12.6. The van der Waals surface area contributed by atoms with E-state index in [1.165, 1.54) is 35.1 Å². The Hall–Kier alpha value is -2.52. The van der Waals surface area contributed by atoms with Crippen molar-refractivity contribution < 1.29 is 9.21 Å². The number of carbonyl (C=O) groups is 1. The Kier molecular flexibility index (Phi) is 6.46. The summed E-state index contributed by atoms with van der Waals surface area (Å²) in [6.45, 7) is 12.1. The maximum atomic E-state index is 12.6. The molecule has 1 N–H and O–H groups in total. The first kappa shape index (κ1) is 23.6. The standard InChI is InChI=1S/C29H34ClNO2/c1-19-16-23-24(29(4,5)14-13-28(23,2)3)18-21(19)17-22-10-11-26(33-22)27(32)31-15-12-20-8-6-7-9-25(20)30/h6-11,16,18H,12-15,17H2,1-5H3,(H,31,32). The zero-order valence-corrected chi connectivity index (χ0v) is 21.1. The van der Waals surface area contributed by atoms with E-state index in [9.17, 15) is 4.79 Å². The predicted octanol–water partition coefficient (Wildman–Crippen LogP) is 7.15. The van der Waals surface area contributed by atoms with Gasteiger partial charge in [0, 0.05) is 18.0 Å². The van der Waals surface area contributed by atoms with Crippen LogP contribution < -0.4 is 5.32 Å². The Labute approximate surface area is 202 Å². The van der Waals surface area contributed by atoms with E-state index in [0.29, 0.717) is 25.1 Å². The predicted molar refractivity (Wildman–Crippen MR) is 135 cm³/mol. The van der Waals surface area contributed by atoms with Crippen LogP contribution in [-0.4, -0.2) is 12.5 Å². The zero-order chi connectivity index (χ0) is 23.8. The van der Waals surface area contributed by atoms with Crippen molar-refractivity contribution >= 4 is 17.5 Å². The average Bonchev–Trinajstić information content (AvgIpc) is 3.23. The zero-order valence-electron chi connectivity index (χ0n) is 20.3.